The Bertz CT molecular complexity index is 958. The van der Waals surface area contributed by atoms with Crippen LogP contribution in [0.15, 0.2) is 47.7 Å². The molecule has 2 aromatic heterocycles. The van der Waals surface area contributed by atoms with Crippen molar-refractivity contribution >= 4 is 35.3 Å². The van der Waals surface area contributed by atoms with Crippen molar-refractivity contribution in [3.63, 3.8) is 0 Å². The van der Waals surface area contributed by atoms with Crippen molar-refractivity contribution in [1.29, 1.82) is 0 Å². The summed E-state index contributed by atoms with van der Waals surface area (Å²) in [6.07, 6.45) is 3.19. The third kappa shape index (κ3) is 2.78. The van der Waals surface area contributed by atoms with Crippen LogP contribution in [0.3, 0.4) is 0 Å². The van der Waals surface area contributed by atoms with E-state index in [4.69, 9.17) is 0 Å². The van der Waals surface area contributed by atoms with Gasteiger partial charge in [0.05, 0.1) is 11.9 Å². The maximum Gasteiger partial charge on any atom is 0.265 e. The van der Waals surface area contributed by atoms with Gasteiger partial charge in [0.1, 0.15) is 5.75 Å². The highest BCUT2D eigenvalue weighted by molar-refractivity contribution is 5.86. The largest absolute Gasteiger partial charge is 0.507 e. The van der Waals surface area contributed by atoms with E-state index in [-0.39, 0.29) is 11.7 Å². The second-order valence-electron chi connectivity index (χ2n) is 5.29. The van der Waals surface area contributed by atoms with Gasteiger partial charge in [-0.1, -0.05) is 12.1 Å². The zero-order valence-electron chi connectivity index (χ0n) is 13.2. The summed E-state index contributed by atoms with van der Waals surface area (Å²) in [4.78, 5) is 10.6. The average molecular weight is 334 g/mol. The van der Waals surface area contributed by atoms with Gasteiger partial charge in [-0.3, -0.25) is 0 Å². The second-order valence-corrected chi connectivity index (χ2v) is 5.29. The van der Waals surface area contributed by atoms with Gasteiger partial charge in [0.2, 0.25) is 0 Å². The van der Waals surface area contributed by atoms with E-state index in [9.17, 15) is 5.11 Å². The van der Waals surface area contributed by atoms with Crippen LogP contribution in [0, 0.1) is 0 Å². The van der Waals surface area contributed by atoms with Gasteiger partial charge in [-0.05, 0) is 24.3 Å². The maximum absolute atomic E-state index is 9.71. The van der Waals surface area contributed by atoms with E-state index in [1.54, 1.807) is 24.4 Å². The van der Waals surface area contributed by atoms with Gasteiger partial charge in [-0.25, -0.2) is 10.4 Å². The summed E-state index contributed by atoms with van der Waals surface area (Å²) in [5, 5.41) is 25.0. The number of hydrazone groups is 1. The Morgan fingerprint density at radius 1 is 1.16 bits per heavy atom. The van der Waals surface area contributed by atoms with Crippen LogP contribution in [0.5, 0.6) is 5.75 Å². The molecule has 3 heterocycles. The first-order chi connectivity index (χ1) is 12.2. The number of para-hydroxylation sites is 1. The Kier molecular flexibility index (Phi) is 3.58. The highest BCUT2D eigenvalue weighted by Gasteiger charge is 2.23. The van der Waals surface area contributed by atoms with Crippen molar-refractivity contribution in [3.05, 3.63) is 48.2 Å². The molecule has 25 heavy (non-hydrogen) atoms. The first kappa shape index (κ1) is 14.8. The second kappa shape index (κ2) is 6.04. The number of benzene rings is 1. The molecule has 0 radical (unpaired) electrons. The smallest absolute Gasteiger partial charge is 0.265 e. The average Bonchev–Trinajstić information content (AvgIpc) is 2.64. The molecule has 0 spiro atoms. The Morgan fingerprint density at radius 3 is 2.92 bits per heavy atom. The van der Waals surface area contributed by atoms with Crippen LogP contribution < -0.4 is 15.6 Å². The van der Waals surface area contributed by atoms with Gasteiger partial charge in [0.15, 0.2) is 17.5 Å². The molecule has 1 aromatic carbocycles. The van der Waals surface area contributed by atoms with E-state index in [1.165, 1.54) is 6.21 Å². The van der Waals surface area contributed by atoms with Crippen LogP contribution in [0.4, 0.5) is 29.1 Å². The van der Waals surface area contributed by atoms with Gasteiger partial charge in [0, 0.05) is 18.8 Å². The highest BCUT2D eigenvalue weighted by Crippen LogP contribution is 2.38. The van der Waals surface area contributed by atoms with Crippen LogP contribution in [0.25, 0.3) is 0 Å². The Labute approximate surface area is 143 Å². The lowest BCUT2D eigenvalue weighted by molar-refractivity contribution is 0.474. The lowest BCUT2D eigenvalue weighted by atomic mass is 10.2. The van der Waals surface area contributed by atoms with Crippen LogP contribution in [-0.4, -0.2) is 38.5 Å². The molecule has 9 heteroatoms. The number of hydrogen-bond donors (Lipinski definition) is 3. The third-order valence-corrected chi connectivity index (χ3v) is 3.68. The fourth-order valence-corrected chi connectivity index (χ4v) is 2.43. The molecule has 4 rings (SSSR count). The highest BCUT2D eigenvalue weighted by atomic mass is 16.3. The molecule has 124 valence electrons. The van der Waals surface area contributed by atoms with Gasteiger partial charge >= 0.3 is 0 Å². The summed E-state index contributed by atoms with van der Waals surface area (Å²) in [7, 11) is 1.88. The molecule has 0 saturated heterocycles. The number of anilines is 5. The Hall–Kier alpha value is -3.75. The predicted octanol–water partition coefficient (Wildman–Crippen LogP) is 2.24. The first-order valence-electron chi connectivity index (χ1n) is 7.50. The standard InChI is InChI=1S/C16H14N8O/c1-24-11-6-4-8-17-13(11)19-14-15(24)20-16(23-21-14)22-18-9-10-5-2-3-7-12(10)25/h2-9,25H,1H3,(H,17,19,21)(H,20,22,23). The third-order valence-electron chi connectivity index (χ3n) is 3.68. The molecule has 0 unspecified atom stereocenters. The number of fused-ring (bicyclic) bond motifs is 2. The zero-order valence-corrected chi connectivity index (χ0v) is 13.2. The number of aromatic nitrogens is 4. The normalized spacial score (nSPS) is 12.4. The molecular weight excluding hydrogens is 320 g/mol. The Morgan fingerprint density at radius 2 is 2.04 bits per heavy atom. The summed E-state index contributed by atoms with van der Waals surface area (Å²) in [6.45, 7) is 0. The number of phenolic OH excluding ortho intramolecular Hbond substituents is 1. The number of hydrogen-bond acceptors (Lipinski definition) is 9. The van der Waals surface area contributed by atoms with Crippen LogP contribution in [0.1, 0.15) is 5.56 Å². The molecule has 1 aliphatic heterocycles. The molecule has 3 N–H and O–H groups in total. The van der Waals surface area contributed by atoms with Crippen molar-refractivity contribution in [3.8, 4) is 5.75 Å². The number of aromatic hydroxyl groups is 1. The lowest BCUT2D eigenvalue weighted by Gasteiger charge is -2.27. The molecule has 0 fully saturated rings. The van der Waals surface area contributed by atoms with Crippen LogP contribution >= 0.6 is 0 Å². The lowest BCUT2D eigenvalue weighted by Crippen LogP contribution is -2.21. The maximum atomic E-state index is 9.71. The van der Waals surface area contributed by atoms with E-state index >= 15 is 0 Å². The summed E-state index contributed by atoms with van der Waals surface area (Å²) in [5.41, 5.74) is 4.19. The molecule has 0 amide bonds. The van der Waals surface area contributed by atoms with Crippen molar-refractivity contribution < 1.29 is 5.11 Å². The van der Waals surface area contributed by atoms with Crippen LogP contribution in [0.2, 0.25) is 0 Å². The number of nitrogens with one attached hydrogen (secondary N) is 2. The Balaban J connectivity index is 1.56. The van der Waals surface area contributed by atoms with Crippen molar-refractivity contribution in [1.82, 2.24) is 20.2 Å². The molecular formula is C16H14N8O. The predicted molar refractivity (Wildman–Crippen MR) is 94.7 cm³/mol. The zero-order chi connectivity index (χ0) is 17.2. The summed E-state index contributed by atoms with van der Waals surface area (Å²) in [6, 6.07) is 10.7. The van der Waals surface area contributed by atoms with Gasteiger partial charge in [-0.15, -0.1) is 10.2 Å². The summed E-state index contributed by atoms with van der Waals surface area (Å²) in [5.74, 6) is 2.21. The van der Waals surface area contributed by atoms with Crippen molar-refractivity contribution in [2.75, 3.05) is 22.7 Å². The van der Waals surface area contributed by atoms with E-state index in [0.717, 1.165) is 5.69 Å². The van der Waals surface area contributed by atoms with Crippen molar-refractivity contribution in [2.24, 2.45) is 5.10 Å². The van der Waals surface area contributed by atoms with Gasteiger partial charge in [0.25, 0.3) is 5.95 Å². The minimum absolute atomic E-state index is 0.144. The summed E-state index contributed by atoms with van der Waals surface area (Å²) >= 11 is 0. The van der Waals surface area contributed by atoms with E-state index in [0.29, 0.717) is 23.0 Å². The van der Waals surface area contributed by atoms with Gasteiger partial charge in [-0.2, -0.15) is 10.1 Å². The fraction of sp³-hybridized carbons (Fsp3) is 0.0625. The minimum atomic E-state index is 0.144. The SMILES string of the molecule is CN1c2cccnc2Nc2nnc(NN=Cc3ccccc3O)nc21. The first-order valence-corrected chi connectivity index (χ1v) is 7.50. The fourth-order valence-electron chi connectivity index (χ4n) is 2.43. The van der Waals surface area contributed by atoms with Crippen LogP contribution in [-0.2, 0) is 0 Å². The number of nitrogens with zero attached hydrogens (tertiary/aromatic N) is 6. The minimum Gasteiger partial charge on any atom is -0.507 e. The number of pyridine rings is 1. The van der Waals surface area contributed by atoms with Crippen molar-refractivity contribution in [2.45, 2.75) is 0 Å². The molecule has 9 nitrogen and oxygen atoms in total. The molecule has 3 aromatic rings. The van der Waals surface area contributed by atoms with E-state index < -0.39 is 0 Å². The topological polar surface area (TPSA) is 111 Å². The number of phenols is 1. The van der Waals surface area contributed by atoms with E-state index in [2.05, 4.69) is 36.0 Å². The van der Waals surface area contributed by atoms with Gasteiger partial charge < -0.3 is 15.3 Å². The molecule has 0 atom stereocenters. The van der Waals surface area contributed by atoms with E-state index in [1.807, 2.05) is 30.1 Å². The monoisotopic (exact) mass is 334 g/mol. The molecule has 1 aliphatic rings. The quantitative estimate of drug-likeness (QED) is 0.494. The molecule has 0 bridgehead atoms. The molecule has 0 aliphatic carbocycles. The number of rotatable bonds is 3. The molecule has 0 saturated carbocycles. The summed E-state index contributed by atoms with van der Waals surface area (Å²) < 4.78 is 0.